The van der Waals surface area contributed by atoms with Crippen molar-refractivity contribution >= 4 is 31.9 Å². The highest BCUT2D eigenvalue weighted by atomic mass is 79.9. The molecule has 2 rings (SSSR count). The predicted octanol–water partition coefficient (Wildman–Crippen LogP) is 5.12. The highest BCUT2D eigenvalue weighted by Gasteiger charge is 2.20. The summed E-state index contributed by atoms with van der Waals surface area (Å²) in [6, 6.07) is 6.55. The summed E-state index contributed by atoms with van der Waals surface area (Å²) in [4.78, 5) is 0. The van der Waals surface area contributed by atoms with Crippen LogP contribution < -0.4 is 5.32 Å². The van der Waals surface area contributed by atoms with E-state index in [1.807, 2.05) is 6.07 Å². The Morgan fingerprint density at radius 1 is 1.16 bits per heavy atom. The Labute approximate surface area is 130 Å². The third kappa shape index (κ3) is 3.12. The molecule has 19 heavy (non-hydrogen) atoms. The molecule has 0 saturated carbocycles. The molecule has 0 saturated heterocycles. The lowest BCUT2D eigenvalue weighted by atomic mass is 9.95. The molecule has 0 fully saturated rings. The molecule has 0 bridgehead atoms. The standard InChI is InChI=1S/C15H17Br2NO/c1-4-18-14(11-5-6-19-15(11)17)12-7-10(3)13(16)8-9(12)2/h5-8,14,18H,4H2,1-3H3. The van der Waals surface area contributed by atoms with Crippen LogP contribution in [0, 0.1) is 13.8 Å². The first-order chi connectivity index (χ1) is 9.04. The first kappa shape index (κ1) is 14.8. The Bertz CT molecular complexity index is 578. The molecular formula is C15H17Br2NO. The van der Waals surface area contributed by atoms with Gasteiger partial charge in [0.25, 0.3) is 0 Å². The molecule has 0 spiro atoms. The molecule has 1 heterocycles. The summed E-state index contributed by atoms with van der Waals surface area (Å²) in [7, 11) is 0. The number of halogens is 2. The molecular weight excluding hydrogens is 370 g/mol. The lowest BCUT2D eigenvalue weighted by Gasteiger charge is -2.21. The molecule has 1 aromatic carbocycles. The summed E-state index contributed by atoms with van der Waals surface area (Å²) < 4.78 is 7.31. The summed E-state index contributed by atoms with van der Waals surface area (Å²) in [5, 5.41) is 3.52. The number of rotatable bonds is 4. The third-order valence-corrected chi connectivity index (χ3v) is 4.72. The summed E-state index contributed by atoms with van der Waals surface area (Å²) >= 11 is 7.06. The average Bonchev–Trinajstić information content (AvgIpc) is 2.77. The number of benzene rings is 1. The van der Waals surface area contributed by atoms with Gasteiger partial charge in [0.2, 0.25) is 0 Å². The first-order valence-corrected chi connectivity index (χ1v) is 7.86. The smallest absolute Gasteiger partial charge is 0.174 e. The van der Waals surface area contributed by atoms with Gasteiger partial charge in [-0.3, -0.25) is 0 Å². The lowest BCUT2D eigenvalue weighted by molar-refractivity contribution is 0.526. The fourth-order valence-electron chi connectivity index (χ4n) is 2.22. The van der Waals surface area contributed by atoms with Crippen molar-refractivity contribution in [1.82, 2.24) is 5.32 Å². The minimum absolute atomic E-state index is 0.143. The molecule has 102 valence electrons. The van der Waals surface area contributed by atoms with Gasteiger partial charge < -0.3 is 9.73 Å². The zero-order valence-electron chi connectivity index (χ0n) is 11.3. The molecule has 0 radical (unpaired) electrons. The van der Waals surface area contributed by atoms with E-state index < -0.39 is 0 Å². The van der Waals surface area contributed by atoms with Gasteiger partial charge in [0.1, 0.15) is 0 Å². The molecule has 1 aromatic heterocycles. The second-order valence-corrected chi connectivity index (χ2v) is 6.17. The van der Waals surface area contributed by atoms with Gasteiger partial charge in [0.05, 0.1) is 12.3 Å². The maximum atomic E-state index is 5.37. The van der Waals surface area contributed by atoms with Crippen LogP contribution in [0.5, 0.6) is 0 Å². The van der Waals surface area contributed by atoms with Crippen LogP contribution in [-0.2, 0) is 0 Å². The van der Waals surface area contributed by atoms with Gasteiger partial charge >= 0.3 is 0 Å². The number of hydrogen-bond acceptors (Lipinski definition) is 2. The molecule has 4 heteroatoms. The van der Waals surface area contributed by atoms with E-state index >= 15 is 0 Å². The van der Waals surface area contributed by atoms with E-state index in [0.717, 1.165) is 21.3 Å². The summed E-state index contributed by atoms with van der Waals surface area (Å²) in [6.07, 6.45) is 1.71. The van der Waals surface area contributed by atoms with E-state index in [4.69, 9.17) is 4.42 Å². The van der Waals surface area contributed by atoms with Gasteiger partial charge in [-0.15, -0.1) is 0 Å². The van der Waals surface area contributed by atoms with Crippen LogP contribution in [0.15, 0.2) is 38.0 Å². The van der Waals surface area contributed by atoms with Crippen LogP contribution in [0.3, 0.4) is 0 Å². The molecule has 1 atom stereocenters. The van der Waals surface area contributed by atoms with Gasteiger partial charge in [-0.25, -0.2) is 0 Å². The Kier molecular flexibility index (Phi) is 4.87. The fourth-order valence-corrected chi connectivity index (χ4v) is 3.14. The van der Waals surface area contributed by atoms with Gasteiger partial charge in [-0.05, 0) is 65.1 Å². The van der Waals surface area contributed by atoms with Crippen molar-refractivity contribution in [2.75, 3.05) is 6.54 Å². The van der Waals surface area contributed by atoms with Crippen molar-refractivity contribution in [3.63, 3.8) is 0 Å². The third-order valence-electron chi connectivity index (χ3n) is 3.22. The Balaban J connectivity index is 2.51. The van der Waals surface area contributed by atoms with E-state index in [1.165, 1.54) is 16.7 Å². The molecule has 1 N–H and O–H groups in total. The lowest BCUT2D eigenvalue weighted by Crippen LogP contribution is -2.22. The number of furan rings is 1. The second-order valence-electron chi connectivity index (χ2n) is 4.60. The summed E-state index contributed by atoms with van der Waals surface area (Å²) in [5.74, 6) is 0. The zero-order chi connectivity index (χ0) is 14.0. The van der Waals surface area contributed by atoms with E-state index in [9.17, 15) is 0 Å². The largest absolute Gasteiger partial charge is 0.457 e. The van der Waals surface area contributed by atoms with Crippen LogP contribution in [0.4, 0.5) is 0 Å². The van der Waals surface area contributed by atoms with E-state index in [0.29, 0.717) is 0 Å². The number of hydrogen-bond donors (Lipinski definition) is 1. The normalized spacial score (nSPS) is 12.7. The molecule has 0 aliphatic rings. The maximum absolute atomic E-state index is 5.37. The van der Waals surface area contributed by atoms with Crippen molar-refractivity contribution < 1.29 is 4.42 Å². The number of nitrogens with one attached hydrogen (secondary N) is 1. The van der Waals surface area contributed by atoms with Gasteiger partial charge in [0.15, 0.2) is 4.67 Å². The predicted molar refractivity (Wildman–Crippen MR) is 85.5 cm³/mol. The van der Waals surface area contributed by atoms with Crippen LogP contribution in [0.25, 0.3) is 0 Å². The molecule has 0 amide bonds. The monoisotopic (exact) mass is 385 g/mol. The highest BCUT2D eigenvalue weighted by Crippen LogP contribution is 2.33. The second kappa shape index (κ2) is 6.25. The van der Waals surface area contributed by atoms with Crippen molar-refractivity contribution in [1.29, 1.82) is 0 Å². The minimum atomic E-state index is 0.143. The fraction of sp³-hybridized carbons (Fsp3) is 0.333. The van der Waals surface area contributed by atoms with Crippen LogP contribution in [0.2, 0.25) is 0 Å². The quantitative estimate of drug-likeness (QED) is 0.788. The Hall–Kier alpha value is -0.580. The number of aryl methyl sites for hydroxylation is 2. The molecule has 2 aromatic rings. The van der Waals surface area contributed by atoms with Gasteiger partial charge in [-0.2, -0.15) is 0 Å². The Morgan fingerprint density at radius 3 is 2.47 bits per heavy atom. The van der Waals surface area contributed by atoms with Crippen molar-refractivity contribution in [3.8, 4) is 0 Å². The highest BCUT2D eigenvalue weighted by molar-refractivity contribution is 9.10. The zero-order valence-corrected chi connectivity index (χ0v) is 14.4. The van der Waals surface area contributed by atoms with Crippen LogP contribution in [0.1, 0.15) is 35.2 Å². The van der Waals surface area contributed by atoms with Crippen LogP contribution in [-0.4, -0.2) is 6.54 Å². The van der Waals surface area contributed by atoms with Crippen molar-refractivity contribution in [3.05, 3.63) is 55.9 Å². The van der Waals surface area contributed by atoms with Gasteiger partial charge in [0, 0.05) is 10.0 Å². The van der Waals surface area contributed by atoms with Gasteiger partial charge in [-0.1, -0.05) is 28.9 Å². The van der Waals surface area contributed by atoms with E-state index in [-0.39, 0.29) is 6.04 Å². The summed E-state index contributed by atoms with van der Waals surface area (Å²) in [6.45, 7) is 7.26. The van der Waals surface area contributed by atoms with E-state index in [2.05, 4.69) is 70.1 Å². The Morgan fingerprint density at radius 2 is 1.89 bits per heavy atom. The molecule has 0 aliphatic heterocycles. The molecule has 0 aliphatic carbocycles. The van der Waals surface area contributed by atoms with Crippen molar-refractivity contribution in [2.45, 2.75) is 26.8 Å². The molecule has 2 nitrogen and oxygen atoms in total. The SMILES string of the molecule is CCNC(c1cc(C)c(Br)cc1C)c1ccoc1Br. The topological polar surface area (TPSA) is 25.2 Å². The van der Waals surface area contributed by atoms with E-state index in [1.54, 1.807) is 6.26 Å². The maximum Gasteiger partial charge on any atom is 0.174 e. The minimum Gasteiger partial charge on any atom is -0.457 e. The first-order valence-electron chi connectivity index (χ1n) is 6.27. The average molecular weight is 387 g/mol. The summed E-state index contributed by atoms with van der Waals surface area (Å²) in [5.41, 5.74) is 4.91. The van der Waals surface area contributed by atoms with Crippen molar-refractivity contribution in [2.24, 2.45) is 0 Å². The van der Waals surface area contributed by atoms with Crippen LogP contribution >= 0.6 is 31.9 Å². The molecule has 1 unspecified atom stereocenters.